The highest BCUT2D eigenvalue weighted by Crippen LogP contribution is 2.48. The van der Waals surface area contributed by atoms with Crippen LogP contribution in [0.2, 0.25) is 0 Å². The first kappa shape index (κ1) is 23.6. The molecule has 0 radical (unpaired) electrons. The largest absolute Gasteiger partial charge is 0.491 e. The predicted molar refractivity (Wildman–Crippen MR) is 94.5 cm³/mol. The predicted octanol–water partition coefficient (Wildman–Crippen LogP) is 5.03. The quantitative estimate of drug-likeness (QED) is 0.365. The summed E-state index contributed by atoms with van der Waals surface area (Å²) >= 11 is 0. The normalized spacial score (nSPS) is 17.7. The third kappa shape index (κ3) is 5.28. The second-order valence-electron chi connectivity index (χ2n) is 7.79. The van der Waals surface area contributed by atoms with Gasteiger partial charge in [0.2, 0.25) is 0 Å². The first-order valence-corrected chi connectivity index (χ1v) is 8.99. The maximum absolute atomic E-state index is 13.9. The van der Waals surface area contributed by atoms with Crippen LogP contribution in [0.3, 0.4) is 0 Å². The van der Waals surface area contributed by atoms with Crippen LogP contribution in [0.15, 0.2) is 18.2 Å². The van der Waals surface area contributed by atoms with Crippen molar-refractivity contribution in [3.8, 4) is 5.75 Å². The summed E-state index contributed by atoms with van der Waals surface area (Å²) in [5, 5.41) is 10.9. The number of carbonyl (C=O) groups excluding carboxylic acids is 1. The summed E-state index contributed by atoms with van der Waals surface area (Å²) in [7, 11) is 0. The highest BCUT2D eigenvalue weighted by atomic mass is 19.4. The number of amides is 1. The molecule has 1 aromatic carbocycles. The number of hydrogen-bond acceptors (Lipinski definition) is 5. The molecular formula is C18H21F5N2O5. The van der Waals surface area contributed by atoms with Crippen LogP contribution in [0.1, 0.15) is 39.2 Å². The van der Waals surface area contributed by atoms with Gasteiger partial charge in [0.15, 0.2) is 0 Å². The van der Waals surface area contributed by atoms with E-state index in [9.17, 15) is 36.9 Å². The standard InChI is InChI=1S/C18H21F5N2O5/c1-16(2,3)30-15(26)24-8-4-5-12(24)10-29-14-9-11(25(27)28)6-7-13(14)17(19,20)18(21,22)23/h6-7,9,12H,4-5,8,10H2,1-3H3/t12-/m0/s1. The number of carbonyl (C=O) groups is 1. The van der Waals surface area contributed by atoms with E-state index in [2.05, 4.69) is 0 Å². The van der Waals surface area contributed by atoms with E-state index in [1.165, 1.54) is 4.90 Å². The second kappa shape index (κ2) is 8.23. The van der Waals surface area contributed by atoms with Gasteiger partial charge in [-0.2, -0.15) is 22.0 Å². The van der Waals surface area contributed by atoms with Crippen molar-refractivity contribution in [2.75, 3.05) is 13.2 Å². The van der Waals surface area contributed by atoms with E-state index in [0.717, 1.165) is 0 Å². The minimum Gasteiger partial charge on any atom is -0.491 e. The first-order chi connectivity index (χ1) is 13.6. The number of benzene rings is 1. The van der Waals surface area contributed by atoms with Crippen LogP contribution in [0, 0.1) is 10.1 Å². The lowest BCUT2D eigenvalue weighted by Crippen LogP contribution is -2.42. The number of hydrogen-bond donors (Lipinski definition) is 0. The molecule has 1 atom stereocenters. The highest BCUT2D eigenvalue weighted by molar-refractivity contribution is 5.69. The summed E-state index contributed by atoms with van der Waals surface area (Å²) in [5.74, 6) is -6.25. The summed E-state index contributed by atoms with van der Waals surface area (Å²) < 4.78 is 76.6. The number of likely N-dealkylation sites (tertiary alicyclic amines) is 1. The van der Waals surface area contributed by atoms with Crippen LogP contribution in [-0.2, 0) is 10.7 Å². The Hall–Kier alpha value is -2.66. The number of alkyl halides is 5. The van der Waals surface area contributed by atoms with Gasteiger partial charge in [0.1, 0.15) is 18.0 Å². The van der Waals surface area contributed by atoms with Gasteiger partial charge in [0.25, 0.3) is 5.69 Å². The second-order valence-corrected chi connectivity index (χ2v) is 7.79. The van der Waals surface area contributed by atoms with E-state index >= 15 is 0 Å². The smallest absolute Gasteiger partial charge is 0.458 e. The van der Waals surface area contributed by atoms with E-state index < -0.39 is 58.4 Å². The summed E-state index contributed by atoms with van der Waals surface area (Å²) in [6, 6.07) is 0.736. The summed E-state index contributed by atoms with van der Waals surface area (Å²) in [6.45, 7) is 4.83. The molecule has 168 valence electrons. The zero-order valence-electron chi connectivity index (χ0n) is 16.5. The third-order valence-corrected chi connectivity index (χ3v) is 4.31. The number of rotatable bonds is 5. The van der Waals surface area contributed by atoms with Crippen molar-refractivity contribution in [2.45, 2.75) is 57.4 Å². The number of nitrogens with zero attached hydrogens (tertiary/aromatic N) is 2. The van der Waals surface area contributed by atoms with Crippen molar-refractivity contribution < 1.29 is 41.1 Å². The molecular weight excluding hydrogens is 419 g/mol. The molecule has 1 fully saturated rings. The fourth-order valence-corrected chi connectivity index (χ4v) is 2.91. The van der Waals surface area contributed by atoms with Gasteiger partial charge in [-0.15, -0.1) is 0 Å². The van der Waals surface area contributed by atoms with Gasteiger partial charge in [-0.05, 0) is 39.7 Å². The molecule has 1 amide bonds. The van der Waals surface area contributed by atoms with Crippen molar-refractivity contribution in [1.82, 2.24) is 4.90 Å². The number of nitro groups is 1. The third-order valence-electron chi connectivity index (χ3n) is 4.31. The minimum atomic E-state index is -5.92. The van der Waals surface area contributed by atoms with Gasteiger partial charge in [0, 0.05) is 12.6 Å². The molecule has 0 aliphatic carbocycles. The molecule has 0 saturated carbocycles. The molecule has 2 rings (SSSR count). The Morgan fingerprint density at radius 2 is 1.87 bits per heavy atom. The number of ether oxygens (including phenoxy) is 2. The minimum absolute atomic E-state index is 0.295. The number of non-ortho nitro benzene ring substituents is 1. The first-order valence-electron chi connectivity index (χ1n) is 8.99. The van der Waals surface area contributed by atoms with Crippen molar-refractivity contribution in [2.24, 2.45) is 0 Å². The van der Waals surface area contributed by atoms with E-state index in [4.69, 9.17) is 9.47 Å². The lowest BCUT2D eigenvalue weighted by Gasteiger charge is -2.29. The maximum atomic E-state index is 13.9. The average molecular weight is 440 g/mol. The van der Waals surface area contributed by atoms with E-state index in [-0.39, 0.29) is 0 Å². The van der Waals surface area contributed by atoms with E-state index in [0.29, 0.717) is 37.6 Å². The maximum Gasteiger partial charge on any atom is 0.458 e. The van der Waals surface area contributed by atoms with Crippen LogP contribution in [0.4, 0.5) is 32.4 Å². The van der Waals surface area contributed by atoms with Gasteiger partial charge in [-0.3, -0.25) is 10.1 Å². The van der Waals surface area contributed by atoms with Crippen LogP contribution in [0.5, 0.6) is 5.75 Å². The highest BCUT2D eigenvalue weighted by Gasteiger charge is 2.60. The molecule has 1 saturated heterocycles. The molecule has 0 unspecified atom stereocenters. The Kier molecular flexibility index (Phi) is 6.48. The zero-order valence-corrected chi connectivity index (χ0v) is 16.5. The summed E-state index contributed by atoms with van der Waals surface area (Å²) in [5.41, 5.74) is -3.03. The SMILES string of the molecule is CC(C)(C)OC(=O)N1CCC[C@H]1COc1cc([N+](=O)[O-])ccc1C(F)(F)C(F)(F)F. The number of halogens is 5. The zero-order chi connectivity index (χ0) is 22.9. The Labute approximate surface area is 168 Å². The molecule has 1 aliphatic rings. The molecule has 0 aromatic heterocycles. The molecule has 7 nitrogen and oxygen atoms in total. The Bertz CT molecular complexity index is 807. The fourth-order valence-electron chi connectivity index (χ4n) is 2.91. The van der Waals surface area contributed by atoms with Crippen LogP contribution in [0.25, 0.3) is 0 Å². The lowest BCUT2D eigenvalue weighted by atomic mass is 10.1. The van der Waals surface area contributed by atoms with Crippen LogP contribution in [-0.4, -0.2) is 46.9 Å². The Morgan fingerprint density at radius 3 is 2.40 bits per heavy atom. The Morgan fingerprint density at radius 1 is 1.23 bits per heavy atom. The molecule has 12 heteroatoms. The molecule has 1 aliphatic heterocycles. The molecule has 1 heterocycles. The molecule has 1 aromatic rings. The molecule has 0 N–H and O–H groups in total. The molecule has 30 heavy (non-hydrogen) atoms. The molecule has 0 spiro atoms. The summed E-state index contributed by atoms with van der Waals surface area (Å²) in [6.07, 6.45) is -5.64. The Balaban J connectivity index is 2.27. The van der Waals surface area contributed by atoms with Gasteiger partial charge in [-0.25, -0.2) is 4.79 Å². The van der Waals surface area contributed by atoms with E-state index in [1.807, 2.05) is 0 Å². The van der Waals surface area contributed by atoms with Gasteiger partial charge in [0.05, 0.1) is 22.6 Å². The van der Waals surface area contributed by atoms with Crippen molar-refractivity contribution in [3.63, 3.8) is 0 Å². The average Bonchev–Trinajstić information content (AvgIpc) is 3.05. The monoisotopic (exact) mass is 440 g/mol. The lowest BCUT2D eigenvalue weighted by molar-refractivity contribution is -0.385. The van der Waals surface area contributed by atoms with Crippen LogP contribution >= 0.6 is 0 Å². The number of nitro benzene ring substituents is 1. The molecule has 0 bridgehead atoms. The van der Waals surface area contributed by atoms with E-state index in [1.54, 1.807) is 20.8 Å². The van der Waals surface area contributed by atoms with Gasteiger partial charge < -0.3 is 14.4 Å². The fraction of sp³-hybridized carbons (Fsp3) is 0.611. The van der Waals surface area contributed by atoms with Crippen LogP contribution < -0.4 is 4.74 Å². The topological polar surface area (TPSA) is 81.9 Å². The summed E-state index contributed by atoms with van der Waals surface area (Å²) in [4.78, 5) is 23.5. The van der Waals surface area contributed by atoms with Gasteiger partial charge >= 0.3 is 18.2 Å². The van der Waals surface area contributed by atoms with Crippen molar-refractivity contribution in [3.05, 3.63) is 33.9 Å². The van der Waals surface area contributed by atoms with Crippen molar-refractivity contribution in [1.29, 1.82) is 0 Å². The van der Waals surface area contributed by atoms with Gasteiger partial charge in [-0.1, -0.05) is 0 Å². The van der Waals surface area contributed by atoms with Crippen molar-refractivity contribution >= 4 is 11.8 Å².